The van der Waals surface area contributed by atoms with E-state index in [-0.39, 0.29) is 11.8 Å². The molecule has 0 bridgehead atoms. The molecule has 0 unspecified atom stereocenters. The van der Waals surface area contributed by atoms with Crippen molar-refractivity contribution >= 4 is 23.6 Å². The average molecular weight is 409 g/mol. The lowest BCUT2D eigenvalue weighted by atomic mass is 10.0. The molecule has 1 saturated heterocycles. The first kappa shape index (κ1) is 19.9. The summed E-state index contributed by atoms with van der Waals surface area (Å²) in [6.45, 7) is 1.72. The second-order valence-corrected chi connectivity index (χ2v) is 7.70. The Morgan fingerprint density at radius 3 is 2.10 bits per heavy atom. The van der Waals surface area contributed by atoms with Crippen molar-refractivity contribution in [3.05, 3.63) is 54.1 Å². The van der Waals surface area contributed by atoms with Crippen LogP contribution in [0.4, 0.5) is 10.5 Å². The predicted octanol–water partition coefficient (Wildman–Crippen LogP) is 2.25. The molecule has 0 atom stereocenters. The van der Waals surface area contributed by atoms with Crippen molar-refractivity contribution < 1.29 is 24.6 Å². The summed E-state index contributed by atoms with van der Waals surface area (Å²) in [6, 6.07) is 14.2. The number of amides is 3. The largest absolute Gasteiger partial charge is 0.465 e. The molecule has 8 nitrogen and oxygen atoms in total. The third-order valence-electron chi connectivity index (χ3n) is 5.55. The minimum atomic E-state index is -1.17. The van der Waals surface area contributed by atoms with Gasteiger partial charge in [-0.2, -0.15) is 0 Å². The monoisotopic (exact) mass is 409 g/mol. The number of benzene rings is 2. The molecule has 1 saturated carbocycles. The fourth-order valence-electron chi connectivity index (χ4n) is 3.63. The van der Waals surface area contributed by atoms with Gasteiger partial charge in [-0.05, 0) is 48.2 Å². The van der Waals surface area contributed by atoms with E-state index in [2.05, 4.69) is 5.32 Å². The smallest absolute Gasteiger partial charge is 0.409 e. The summed E-state index contributed by atoms with van der Waals surface area (Å²) in [6.07, 6.45) is -0.0830. The van der Waals surface area contributed by atoms with E-state index < -0.39 is 11.7 Å². The third-order valence-corrected chi connectivity index (χ3v) is 5.55. The van der Waals surface area contributed by atoms with Crippen LogP contribution in [0, 0.1) is 0 Å². The molecule has 0 spiro atoms. The second kappa shape index (κ2) is 7.79. The number of nitrogens with one attached hydrogen (secondary N) is 1. The Balaban J connectivity index is 1.39. The quantitative estimate of drug-likeness (QED) is 0.717. The summed E-state index contributed by atoms with van der Waals surface area (Å²) in [5.41, 5.74) is 1.57. The van der Waals surface area contributed by atoms with Crippen LogP contribution in [0.3, 0.4) is 0 Å². The van der Waals surface area contributed by atoms with Crippen LogP contribution in [0.1, 0.15) is 23.2 Å². The molecule has 3 N–H and O–H groups in total. The van der Waals surface area contributed by atoms with Gasteiger partial charge in [-0.1, -0.05) is 24.3 Å². The number of carboxylic acid groups (broad SMARTS) is 1. The number of aliphatic hydroxyl groups is 1. The lowest BCUT2D eigenvalue weighted by Gasteiger charge is -2.35. The highest BCUT2D eigenvalue weighted by Gasteiger charge is 2.50. The van der Waals surface area contributed by atoms with E-state index in [0.717, 1.165) is 11.1 Å². The van der Waals surface area contributed by atoms with Gasteiger partial charge in [0.05, 0.1) is 0 Å². The average Bonchev–Trinajstić information content (AvgIpc) is 3.51. The van der Waals surface area contributed by atoms with E-state index in [1.165, 1.54) is 0 Å². The van der Waals surface area contributed by atoms with Crippen LogP contribution >= 0.6 is 0 Å². The van der Waals surface area contributed by atoms with Crippen LogP contribution in [-0.2, 0) is 4.79 Å². The number of anilines is 1. The molecular formula is C22H23N3O5. The van der Waals surface area contributed by atoms with E-state index in [0.29, 0.717) is 50.3 Å². The van der Waals surface area contributed by atoms with Gasteiger partial charge in [-0.3, -0.25) is 14.9 Å². The van der Waals surface area contributed by atoms with Crippen molar-refractivity contribution in [1.29, 1.82) is 0 Å². The van der Waals surface area contributed by atoms with Gasteiger partial charge in [-0.25, -0.2) is 4.79 Å². The zero-order valence-electron chi connectivity index (χ0n) is 16.4. The lowest BCUT2D eigenvalue weighted by Crippen LogP contribution is -2.53. The molecule has 0 radical (unpaired) electrons. The molecule has 2 aliphatic rings. The first-order valence-electron chi connectivity index (χ1n) is 9.87. The number of rotatable bonds is 4. The zero-order chi connectivity index (χ0) is 21.3. The Kier molecular flexibility index (Phi) is 5.17. The fraction of sp³-hybridized carbons (Fsp3) is 0.318. The number of piperazine rings is 1. The minimum absolute atomic E-state index is 0.0972. The number of carbonyl (C=O) groups excluding carboxylic acids is 2. The molecule has 156 valence electrons. The van der Waals surface area contributed by atoms with Crippen LogP contribution in [-0.4, -0.2) is 69.7 Å². The van der Waals surface area contributed by atoms with Crippen molar-refractivity contribution in [2.75, 3.05) is 31.5 Å². The van der Waals surface area contributed by atoms with E-state index in [1.807, 2.05) is 18.2 Å². The van der Waals surface area contributed by atoms with Crippen molar-refractivity contribution in [3.8, 4) is 11.1 Å². The molecule has 2 aromatic rings. The molecule has 2 fully saturated rings. The fourth-order valence-corrected chi connectivity index (χ4v) is 3.63. The zero-order valence-corrected chi connectivity index (χ0v) is 16.4. The topological polar surface area (TPSA) is 110 Å². The van der Waals surface area contributed by atoms with Crippen LogP contribution in [0.5, 0.6) is 0 Å². The van der Waals surface area contributed by atoms with Crippen molar-refractivity contribution in [1.82, 2.24) is 9.80 Å². The first-order valence-corrected chi connectivity index (χ1v) is 9.87. The van der Waals surface area contributed by atoms with Crippen LogP contribution < -0.4 is 5.32 Å². The molecule has 4 rings (SSSR count). The van der Waals surface area contributed by atoms with E-state index in [4.69, 9.17) is 5.11 Å². The SMILES string of the molecule is O=C(O)Nc1cccc(-c2ccc(C(=O)N3CCN(C(=O)C4(O)CC4)CC3)cc2)c1. The molecule has 1 aliphatic carbocycles. The van der Waals surface area contributed by atoms with Gasteiger partial charge in [-0.15, -0.1) is 0 Å². The maximum Gasteiger partial charge on any atom is 0.409 e. The van der Waals surface area contributed by atoms with Crippen molar-refractivity contribution in [3.63, 3.8) is 0 Å². The molecule has 3 amide bonds. The maximum absolute atomic E-state index is 12.8. The first-order chi connectivity index (χ1) is 14.4. The van der Waals surface area contributed by atoms with E-state index in [9.17, 15) is 19.5 Å². The molecule has 1 aliphatic heterocycles. The van der Waals surface area contributed by atoms with E-state index in [1.54, 1.807) is 40.1 Å². The van der Waals surface area contributed by atoms with Crippen molar-refractivity contribution in [2.24, 2.45) is 0 Å². The van der Waals surface area contributed by atoms with Gasteiger partial charge in [0, 0.05) is 37.4 Å². The third kappa shape index (κ3) is 4.13. The Hall–Kier alpha value is -3.39. The highest BCUT2D eigenvalue weighted by atomic mass is 16.4. The Labute approximate surface area is 173 Å². The Bertz CT molecular complexity index is 977. The second-order valence-electron chi connectivity index (χ2n) is 7.70. The highest BCUT2D eigenvalue weighted by Crippen LogP contribution is 2.37. The predicted molar refractivity (Wildman–Crippen MR) is 110 cm³/mol. The summed E-state index contributed by atoms with van der Waals surface area (Å²) in [5.74, 6) is -0.321. The number of carbonyl (C=O) groups is 3. The summed E-state index contributed by atoms with van der Waals surface area (Å²) in [7, 11) is 0. The minimum Gasteiger partial charge on any atom is -0.465 e. The standard InChI is InChI=1S/C22H23N3O5/c26-19(24-10-12-25(13-11-24)20(27)22(30)8-9-22)16-6-4-15(5-7-16)17-2-1-3-18(14-17)23-21(28)29/h1-7,14,23,30H,8-13H2,(H,28,29). The molecule has 30 heavy (non-hydrogen) atoms. The van der Waals surface area contributed by atoms with Gasteiger partial charge in [0.2, 0.25) is 0 Å². The lowest BCUT2D eigenvalue weighted by molar-refractivity contribution is -0.143. The van der Waals surface area contributed by atoms with Crippen LogP contribution in [0.2, 0.25) is 0 Å². The van der Waals surface area contributed by atoms with E-state index >= 15 is 0 Å². The van der Waals surface area contributed by atoms with Gasteiger partial charge in [0.25, 0.3) is 11.8 Å². The summed E-state index contributed by atoms with van der Waals surface area (Å²) >= 11 is 0. The van der Waals surface area contributed by atoms with Gasteiger partial charge in [0.1, 0.15) is 5.60 Å². The molecule has 2 aromatic carbocycles. The van der Waals surface area contributed by atoms with Gasteiger partial charge >= 0.3 is 6.09 Å². The normalized spacial score (nSPS) is 17.4. The van der Waals surface area contributed by atoms with Gasteiger partial charge in [0.15, 0.2) is 0 Å². The van der Waals surface area contributed by atoms with Gasteiger partial charge < -0.3 is 20.0 Å². The maximum atomic E-state index is 12.8. The number of hydrogen-bond acceptors (Lipinski definition) is 4. The molecule has 8 heteroatoms. The number of hydrogen-bond donors (Lipinski definition) is 3. The summed E-state index contributed by atoms with van der Waals surface area (Å²) in [5, 5.41) is 21.2. The highest BCUT2D eigenvalue weighted by molar-refractivity contribution is 5.95. The molecule has 1 heterocycles. The molecule has 0 aromatic heterocycles. The number of nitrogens with zero attached hydrogens (tertiary/aromatic N) is 2. The molecular weight excluding hydrogens is 386 g/mol. The Morgan fingerprint density at radius 2 is 1.50 bits per heavy atom. The van der Waals surface area contributed by atoms with Crippen LogP contribution in [0.25, 0.3) is 11.1 Å². The summed E-state index contributed by atoms with van der Waals surface area (Å²) < 4.78 is 0. The van der Waals surface area contributed by atoms with Crippen LogP contribution in [0.15, 0.2) is 48.5 Å². The Morgan fingerprint density at radius 1 is 0.867 bits per heavy atom. The summed E-state index contributed by atoms with van der Waals surface area (Å²) in [4.78, 5) is 39.2. The van der Waals surface area contributed by atoms with Crippen molar-refractivity contribution in [2.45, 2.75) is 18.4 Å².